The van der Waals surface area contributed by atoms with Crippen molar-refractivity contribution >= 4 is 16.6 Å². The van der Waals surface area contributed by atoms with Crippen molar-refractivity contribution in [3.8, 4) is 0 Å². The number of aromatic nitrogens is 1. The fraction of sp³-hybridized carbons (Fsp3) is 0.273. The van der Waals surface area contributed by atoms with Gasteiger partial charge in [-0.1, -0.05) is 18.2 Å². The summed E-state index contributed by atoms with van der Waals surface area (Å²) in [4.78, 5) is 8.48. The van der Waals surface area contributed by atoms with E-state index in [4.69, 9.17) is 4.84 Å². The molecule has 0 amide bonds. The molecule has 0 radical (unpaired) electrons. The lowest BCUT2D eigenvalue weighted by Crippen LogP contribution is -2.20. The molecule has 14 heavy (non-hydrogen) atoms. The Labute approximate surface area is 83.2 Å². The van der Waals surface area contributed by atoms with E-state index < -0.39 is 0 Å². The summed E-state index contributed by atoms with van der Waals surface area (Å²) in [5.41, 5.74) is 2.23. The number of benzene rings is 1. The molecule has 0 saturated heterocycles. The second-order valence-corrected chi connectivity index (χ2v) is 3.10. The Hall–Kier alpha value is -1.48. The highest BCUT2D eigenvalue weighted by atomic mass is 16.7. The second-order valence-electron chi connectivity index (χ2n) is 3.10. The lowest BCUT2D eigenvalue weighted by Gasteiger charge is -2.18. The van der Waals surface area contributed by atoms with Gasteiger partial charge in [0.2, 0.25) is 0 Å². The Morgan fingerprint density at radius 3 is 2.86 bits per heavy atom. The van der Waals surface area contributed by atoms with Gasteiger partial charge in [-0.3, -0.25) is 9.90 Å². The molecule has 0 bridgehead atoms. The Kier molecular flexibility index (Phi) is 2.41. The average Bonchev–Trinajstić information content (AvgIpc) is 2.65. The molecule has 74 valence electrons. The van der Waals surface area contributed by atoms with Crippen LogP contribution in [0.1, 0.15) is 6.92 Å². The number of para-hydroxylation sites is 1. The third-order valence-electron chi connectivity index (χ3n) is 2.34. The van der Waals surface area contributed by atoms with Crippen molar-refractivity contribution in [1.82, 2.24) is 4.98 Å². The Morgan fingerprint density at radius 1 is 1.36 bits per heavy atom. The summed E-state index contributed by atoms with van der Waals surface area (Å²) in [6, 6.07) is 8.19. The third-order valence-corrected chi connectivity index (χ3v) is 2.34. The van der Waals surface area contributed by atoms with E-state index in [0.29, 0.717) is 0 Å². The number of hydrogen-bond acceptors (Lipinski definition) is 2. The topological polar surface area (TPSA) is 28.3 Å². The van der Waals surface area contributed by atoms with Crippen LogP contribution in [0, 0.1) is 0 Å². The fourth-order valence-electron chi connectivity index (χ4n) is 1.66. The SMILES string of the molecule is CCN(OC)c1c[nH]c2ccccc12. The lowest BCUT2D eigenvalue weighted by atomic mass is 10.2. The summed E-state index contributed by atoms with van der Waals surface area (Å²) in [7, 11) is 1.69. The van der Waals surface area contributed by atoms with Crippen molar-refractivity contribution in [2.24, 2.45) is 0 Å². The van der Waals surface area contributed by atoms with Gasteiger partial charge in [0.15, 0.2) is 0 Å². The number of hydroxylamine groups is 1. The summed E-state index contributed by atoms with van der Waals surface area (Å²) in [6.07, 6.45) is 1.97. The van der Waals surface area contributed by atoms with Crippen molar-refractivity contribution in [2.75, 3.05) is 18.7 Å². The first kappa shape index (κ1) is 9.09. The van der Waals surface area contributed by atoms with Gasteiger partial charge in [0.25, 0.3) is 0 Å². The molecule has 1 aromatic heterocycles. The highest BCUT2D eigenvalue weighted by Gasteiger charge is 2.08. The molecule has 0 aliphatic rings. The molecule has 0 spiro atoms. The molecule has 1 aromatic carbocycles. The van der Waals surface area contributed by atoms with Gasteiger partial charge in [-0.05, 0) is 13.0 Å². The molecular formula is C11H14N2O. The zero-order chi connectivity index (χ0) is 9.97. The molecule has 3 heteroatoms. The van der Waals surface area contributed by atoms with Gasteiger partial charge in [0, 0.05) is 23.6 Å². The van der Waals surface area contributed by atoms with Crippen LogP contribution < -0.4 is 5.06 Å². The van der Waals surface area contributed by atoms with Crippen LogP contribution in [0.5, 0.6) is 0 Å². The molecule has 0 aliphatic heterocycles. The molecule has 0 fully saturated rings. The van der Waals surface area contributed by atoms with Crippen molar-refractivity contribution in [2.45, 2.75) is 6.92 Å². The summed E-state index contributed by atoms with van der Waals surface area (Å²) in [5, 5.41) is 3.05. The maximum absolute atomic E-state index is 5.27. The molecule has 0 aliphatic carbocycles. The van der Waals surface area contributed by atoms with Crippen LogP contribution in [-0.4, -0.2) is 18.6 Å². The van der Waals surface area contributed by atoms with Crippen molar-refractivity contribution in [1.29, 1.82) is 0 Å². The summed E-state index contributed by atoms with van der Waals surface area (Å²) >= 11 is 0. The van der Waals surface area contributed by atoms with Gasteiger partial charge < -0.3 is 4.98 Å². The summed E-state index contributed by atoms with van der Waals surface area (Å²) < 4.78 is 0. The standard InChI is InChI=1S/C11H14N2O/c1-3-13(14-2)11-8-12-10-7-5-4-6-9(10)11/h4-8,12H,3H2,1-2H3. The van der Waals surface area contributed by atoms with E-state index in [1.807, 2.05) is 23.4 Å². The summed E-state index contributed by atoms with van der Waals surface area (Å²) in [5.74, 6) is 0. The fourth-order valence-corrected chi connectivity index (χ4v) is 1.66. The van der Waals surface area contributed by atoms with E-state index in [1.165, 1.54) is 5.39 Å². The maximum Gasteiger partial charge on any atom is 0.0889 e. The smallest absolute Gasteiger partial charge is 0.0889 e. The largest absolute Gasteiger partial charge is 0.359 e. The molecule has 2 aromatic rings. The number of nitrogens with zero attached hydrogens (tertiary/aromatic N) is 1. The maximum atomic E-state index is 5.27. The molecule has 3 nitrogen and oxygen atoms in total. The number of rotatable bonds is 3. The molecular weight excluding hydrogens is 176 g/mol. The zero-order valence-electron chi connectivity index (χ0n) is 8.45. The number of anilines is 1. The van der Waals surface area contributed by atoms with Gasteiger partial charge in [-0.15, -0.1) is 0 Å². The highest BCUT2D eigenvalue weighted by molar-refractivity contribution is 5.92. The lowest BCUT2D eigenvalue weighted by molar-refractivity contribution is 0.171. The van der Waals surface area contributed by atoms with Crippen molar-refractivity contribution in [3.63, 3.8) is 0 Å². The van der Waals surface area contributed by atoms with E-state index in [9.17, 15) is 0 Å². The van der Waals surface area contributed by atoms with Gasteiger partial charge in [0.05, 0.1) is 12.8 Å². The first-order valence-electron chi connectivity index (χ1n) is 4.74. The highest BCUT2D eigenvalue weighted by Crippen LogP contribution is 2.25. The van der Waals surface area contributed by atoms with Crippen LogP contribution in [0.2, 0.25) is 0 Å². The Morgan fingerprint density at radius 2 is 2.14 bits per heavy atom. The van der Waals surface area contributed by atoms with Crippen LogP contribution >= 0.6 is 0 Å². The van der Waals surface area contributed by atoms with E-state index in [2.05, 4.69) is 24.0 Å². The quantitative estimate of drug-likeness (QED) is 0.753. The van der Waals surface area contributed by atoms with Gasteiger partial charge >= 0.3 is 0 Å². The van der Waals surface area contributed by atoms with E-state index in [-0.39, 0.29) is 0 Å². The second kappa shape index (κ2) is 3.72. The molecule has 1 N–H and O–H groups in total. The number of aromatic amines is 1. The van der Waals surface area contributed by atoms with Crippen LogP contribution in [-0.2, 0) is 4.84 Å². The number of hydrogen-bond donors (Lipinski definition) is 1. The normalized spacial score (nSPS) is 10.7. The molecule has 0 unspecified atom stereocenters. The van der Waals surface area contributed by atoms with Crippen LogP contribution in [0.4, 0.5) is 5.69 Å². The zero-order valence-corrected chi connectivity index (χ0v) is 8.45. The number of fused-ring (bicyclic) bond motifs is 1. The Bertz CT molecular complexity index is 418. The third kappa shape index (κ3) is 1.36. The molecule has 1 heterocycles. The van der Waals surface area contributed by atoms with Crippen LogP contribution in [0.3, 0.4) is 0 Å². The van der Waals surface area contributed by atoms with Gasteiger partial charge in [-0.2, -0.15) is 0 Å². The first-order chi connectivity index (χ1) is 6.86. The van der Waals surface area contributed by atoms with E-state index >= 15 is 0 Å². The monoisotopic (exact) mass is 190 g/mol. The minimum Gasteiger partial charge on any atom is -0.359 e. The average molecular weight is 190 g/mol. The van der Waals surface area contributed by atoms with Gasteiger partial charge in [0.1, 0.15) is 0 Å². The summed E-state index contributed by atoms with van der Waals surface area (Å²) in [6.45, 7) is 2.89. The number of H-pyrrole nitrogens is 1. The number of nitrogens with one attached hydrogen (secondary N) is 1. The minimum absolute atomic E-state index is 0.832. The molecule has 2 rings (SSSR count). The van der Waals surface area contributed by atoms with E-state index in [1.54, 1.807) is 7.11 Å². The van der Waals surface area contributed by atoms with Crippen molar-refractivity contribution in [3.05, 3.63) is 30.5 Å². The predicted octanol–water partition coefficient (Wildman–Crippen LogP) is 2.56. The van der Waals surface area contributed by atoms with Gasteiger partial charge in [-0.25, -0.2) is 0 Å². The van der Waals surface area contributed by atoms with Crippen molar-refractivity contribution < 1.29 is 4.84 Å². The first-order valence-corrected chi connectivity index (χ1v) is 4.74. The van der Waals surface area contributed by atoms with Crippen LogP contribution in [0.15, 0.2) is 30.5 Å². The van der Waals surface area contributed by atoms with E-state index in [0.717, 1.165) is 17.7 Å². The predicted molar refractivity (Wildman–Crippen MR) is 58.3 cm³/mol. The molecule has 0 saturated carbocycles. The van der Waals surface area contributed by atoms with Crippen LogP contribution in [0.25, 0.3) is 10.9 Å². The minimum atomic E-state index is 0.832. The molecule has 0 atom stereocenters. The Balaban J connectivity index is 2.51.